The molecule has 52 valence electrons. The molecule has 4 atom stereocenters. The van der Waals surface area contributed by atoms with E-state index in [0.29, 0.717) is 0 Å². The second-order valence-corrected chi connectivity index (χ2v) is 4.23. The fourth-order valence-electron chi connectivity index (χ4n) is 2.15. The van der Waals surface area contributed by atoms with E-state index in [-0.39, 0.29) is 10.8 Å². The molecule has 2 rings (SSSR count). The van der Waals surface area contributed by atoms with Crippen LogP contribution in [0, 0.1) is 11.8 Å². The molecule has 0 aromatic rings. The van der Waals surface area contributed by atoms with Gasteiger partial charge >= 0.3 is 0 Å². The normalized spacial score (nSPS) is 56.7. The Kier molecular flexibility index (Phi) is 1.42. The van der Waals surface area contributed by atoms with Crippen LogP contribution < -0.4 is 0 Å². The van der Waals surface area contributed by atoms with Gasteiger partial charge in [0.05, 0.1) is 10.8 Å². The lowest BCUT2D eigenvalue weighted by Crippen LogP contribution is -2.22. The molecule has 2 fully saturated rings. The number of rotatable bonds is 0. The van der Waals surface area contributed by atoms with Gasteiger partial charge in [0.2, 0.25) is 0 Å². The van der Waals surface area contributed by atoms with Crippen LogP contribution in [0.25, 0.3) is 0 Å². The van der Waals surface area contributed by atoms with E-state index >= 15 is 0 Å². The monoisotopic (exact) mass is 164 g/mol. The molecule has 0 amide bonds. The smallest absolute Gasteiger partial charge is 0.0530 e. The highest BCUT2D eigenvalue weighted by Crippen LogP contribution is 2.49. The lowest BCUT2D eigenvalue weighted by molar-refractivity contribution is 0.494. The Morgan fingerprint density at radius 1 is 0.889 bits per heavy atom. The Morgan fingerprint density at radius 2 is 1.33 bits per heavy atom. The van der Waals surface area contributed by atoms with Gasteiger partial charge in [-0.05, 0) is 31.1 Å². The maximum absolute atomic E-state index is 6.03. The summed E-state index contributed by atoms with van der Waals surface area (Å²) in [6.07, 6.45) is 3.94. The van der Waals surface area contributed by atoms with Crippen molar-refractivity contribution in [3.63, 3.8) is 0 Å². The fourth-order valence-corrected chi connectivity index (χ4v) is 3.02. The quantitative estimate of drug-likeness (QED) is 0.484. The van der Waals surface area contributed by atoms with E-state index in [4.69, 9.17) is 23.2 Å². The number of hydrogen-bond acceptors (Lipinski definition) is 0. The maximum atomic E-state index is 6.03. The van der Waals surface area contributed by atoms with Crippen LogP contribution in [-0.2, 0) is 0 Å². The third kappa shape index (κ3) is 0.798. The van der Waals surface area contributed by atoms with Gasteiger partial charge in [-0.1, -0.05) is 0 Å². The molecule has 2 saturated carbocycles. The third-order valence-electron chi connectivity index (χ3n) is 2.72. The van der Waals surface area contributed by atoms with Gasteiger partial charge in [-0.15, -0.1) is 23.2 Å². The molecule has 2 aliphatic rings. The molecule has 0 aromatic heterocycles. The van der Waals surface area contributed by atoms with E-state index < -0.39 is 0 Å². The molecule has 0 unspecified atom stereocenters. The highest BCUT2D eigenvalue weighted by molar-refractivity contribution is 6.30. The first kappa shape index (κ1) is 6.30. The van der Waals surface area contributed by atoms with Crippen molar-refractivity contribution in [1.29, 1.82) is 0 Å². The highest BCUT2D eigenvalue weighted by Gasteiger charge is 2.45. The van der Waals surface area contributed by atoms with Crippen LogP contribution in [-0.4, -0.2) is 10.8 Å². The minimum atomic E-state index is 0.283. The van der Waals surface area contributed by atoms with Crippen molar-refractivity contribution in [1.82, 2.24) is 0 Å². The summed E-state index contributed by atoms with van der Waals surface area (Å²) in [6, 6.07) is 0. The summed E-state index contributed by atoms with van der Waals surface area (Å²) < 4.78 is 0. The van der Waals surface area contributed by atoms with Gasteiger partial charge in [0.1, 0.15) is 0 Å². The minimum Gasteiger partial charge on any atom is -0.121 e. The van der Waals surface area contributed by atoms with Gasteiger partial charge in [0.25, 0.3) is 0 Å². The molecule has 0 aliphatic heterocycles. The van der Waals surface area contributed by atoms with E-state index in [2.05, 4.69) is 0 Å². The molecular formula is C7H10Cl2. The molecule has 2 aliphatic carbocycles. The number of fused-ring (bicyclic) bond motifs is 2. The van der Waals surface area contributed by atoms with Crippen LogP contribution in [0.15, 0.2) is 0 Å². The van der Waals surface area contributed by atoms with E-state index in [9.17, 15) is 0 Å². The number of hydrogen-bond donors (Lipinski definition) is 0. The van der Waals surface area contributed by atoms with Crippen molar-refractivity contribution in [2.45, 2.75) is 30.0 Å². The molecule has 0 nitrogen and oxygen atoms in total. The van der Waals surface area contributed by atoms with Crippen molar-refractivity contribution in [2.24, 2.45) is 11.8 Å². The SMILES string of the molecule is Cl[C@@H]1[C@@H]2CC[C@@H](C2)[C@@H]1Cl. The predicted octanol–water partition coefficient (Wildman–Crippen LogP) is 2.63. The van der Waals surface area contributed by atoms with Gasteiger partial charge in [0.15, 0.2) is 0 Å². The van der Waals surface area contributed by atoms with Crippen LogP contribution in [0.5, 0.6) is 0 Å². The lowest BCUT2D eigenvalue weighted by Gasteiger charge is -2.20. The van der Waals surface area contributed by atoms with Crippen LogP contribution >= 0.6 is 23.2 Å². The van der Waals surface area contributed by atoms with Crippen LogP contribution in [0.1, 0.15) is 19.3 Å². The Bertz CT molecular complexity index is 106. The molecular weight excluding hydrogens is 155 g/mol. The Morgan fingerprint density at radius 3 is 1.56 bits per heavy atom. The highest BCUT2D eigenvalue weighted by atomic mass is 35.5. The summed E-state index contributed by atoms with van der Waals surface area (Å²) in [5, 5.41) is 0.566. The number of alkyl halides is 2. The first-order valence-electron chi connectivity index (χ1n) is 3.57. The second-order valence-electron chi connectivity index (χ2n) is 3.22. The Balaban J connectivity index is 2.15. The predicted molar refractivity (Wildman–Crippen MR) is 40.1 cm³/mol. The molecule has 0 radical (unpaired) electrons. The zero-order valence-electron chi connectivity index (χ0n) is 5.19. The summed E-state index contributed by atoms with van der Waals surface area (Å²) in [6.45, 7) is 0. The topological polar surface area (TPSA) is 0 Å². The van der Waals surface area contributed by atoms with Gasteiger partial charge in [-0.25, -0.2) is 0 Å². The van der Waals surface area contributed by atoms with Gasteiger partial charge in [-0.3, -0.25) is 0 Å². The summed E-state index contributed by atoms with van der Waals surface area (Å²) in [4.78, 5) is 0. The summed E-state index contributed by atoms with van der Waals surface area (Å²) >= 11 is 12.1. The molecule has 2 bridgehead atoms. The molecule has 0 aromatic carbocycles. The van der Waals surface area contributed by atoms with E-state index in [1.54, 1.807) is 0 Å². The molecule has 0 N–H and O–H groups in total. The van der Waals surface area contributed by atoms with E-state index in [0.717, 1.165) is 11.8 Å². The van der Waals surface area contributed by atoms with Gasteiger partial charge in [-0.2, -0.15) is 0 Å². The zero-order valence-corrected chi connectivity index (χ0v) is 6.70. The van der Waals surface area contributed by atoms with Crippen molar-refractivity contribution < 1.29 is 0 Å². The van der Waals surface area contributed by atoms with Crippen LogP contribution in [0.4, 0.5) is 0 Å². The van der Waals surface area contributed by atoms with Crippen molar-refractivity contribution >= 4 is 23.2 Å². The molecule has 0 spiro atoms. The minimum absolute atomic E-state index is 0.283. The molecule has 9 heavy (non-hydrogen) atoms. The van der Waals surface area contributed by atoms with Crippen LogP contribution in [0.2, 0.25) is 0 Å². The van der Waals surface area contributed by atoms with Gasteiger partial charge in [0, 0.05) is 0 Å². The zero-order chi connectivity index (χ0) is 6.43. The standard InChI is InChI=1S/C7H10Cl2/c8-6-4-1-2-5(3-4)7(6)9/h4-7H,1-3H2/t4-,5+,6-,7+. The van der Waals surface area contributed by atoms with E-state index in [1.165, 1.54) is 19.3 Å². The summed E-state index contributed by atoms with van der Waals surface area (Å²) in [5.74, 6) is 1.50. The first-order chi connectivity index (χ1) is 4.29. The van der Waals surface area contributed by atoms with Crippen molar-refractivity contribution in [2.75, 3.05) is 0 Å². The largest absolute Gasteiger partial charge is 0.121 e. The third-order valence-corrected chi connectivity index (χ3v) is 4.10. The Hall–Kier alpha value is 0.580. The van der Waals surface area contributed by atoms with E-state index in [1.807, 2.05) is 0 Å². The maximum Gasteiger partial charge on any atom is 0.0530 e. The van der Waals surface area contributed by atoms with Gasteiger partial charge < -0.3 is 0 Å². The summed E-state index contributed by atoms with van der Waals surface area (Å²) in [5.41, 5.74) is 0. The van der Waals surface area contributed by atoms with Crippen molar-refractivity contribution in [3.05, 3.63) is 0 Å². The Labute approximate surface area is 65.5 Å². The lowest BCUT2D eigenvalue weighted by atomic mass is 10.00. The van der Waals surface area contributed by atoms with Crippen LogP contribution in [0.3, 0.4) is 0 Å². The second kappa shape index (κ2) is 2.03. The molecule has 2 heteroatoms. The van der Waals surface area contributed by atoms with Crippen molar-refractivity contribution in [3.8, 4) is 0 Å². The molecule has 0 heterocycles. The average Bonchev–Trinajstić information content (AvgIpc) is 2.37. The first-order valence-corrected chi connectivity index (χ1v) is 4.44. The summed E-state index contributed by atoms with van der Waals surface area (Å²) in [7, 11) is 0. The number of halogens is 2. The fraction of sp³-hybridized carbons (Fsp3) is 1.00. The molecule has 0 saturated heterocycles. The average molecular weight is 165 g/mol.